The minimum absolute atomic E-state index is 0.182. The lowest BCUT2D eigenvalue weighted by Crippen LogP contribution is -2.31. The average Bonchev–Trinajstić information content (AvgIpc) is 3.27. The summed E-state index contributed by atoms with van der Waals surface area (Å²) < 4.78 is 6.06. The zero-order valence-electron chi connectivity index (χ0n) is 11.8. The van der Waals surface area contributed by atoms with Crippen molar-refractivity contribution in [3.63, 3.8) is 0 Å². The third-order valence-corrected chi connectivity index (χ3v) is 4.75. The number of esters is 1. The Morgan fingerprint density at radius 3 is 2.67 bits per heavy atom. The number of benzene rings is 1. The molecule has 1 aliphatic carbocycles. The maximum Gasteiger partial charge on any atom is 0.319 e. The maximum absolute atomic E-state index is 11.8. The van der Waals surface area contributed by atoms with E-state index < -0.39 is 0 Å². The van der Waals surface area contributed by atoms with Crippen LogP contribution >= 0.6 is 27.7 Å². The Hall–Kier alpha value is -1.01. The van der Waals surface area contributed by atoms with E-state index in [1.54, 1.807) is 6.92 Å². The van der Waals surface area contributed by atoms with Crippen LogP contribution in [0, 0.1) is 0 Å². The van der Waals surface area contributed by atoms with E-state index in [1.165, 1.54) is 11.8 Å². The van der Waals surface area contributed by atoms with Gasteiger partial charge in [-0.05, 0) is 37.5 Å². The molecule has 0 aromatic heterocycles. The van der Waals surface area contributed by atoms with Gasteiger partial charge >= 0.3 is 5.97 Å². The van der Waals surface area contributed by atoms with Gasteiger partial charge < -0.3 is 10.1 Å². The van der Waals surface area contributed by atoms with Crippen LogP contribution in [0.3, 0.4) is 0 Å². The Morgan fingerprint density at radius 2 is 2.05 bits per heavy atom. The Bertz CT molecular complexity index is 502. The summed E-state index contributed by atoms with van der Waals surface area (Å²) >= 11 is 4.89. The SMILES string of the molecule is C[C@H](SCc1ccc(Br)cc1)C(=O)OCC(=O)NC1CC1. The van der Waals surface area contributed by atoms with Gasteiger partial charge in [-0.25, -0.2) is 0 Å². The molecule has 1 saturated carbocycles. The highest BCUT2D eigenvalue weighted by Gasteiger charge is 2.24. The Kier molecular flexibility index (Phi) is 6.11. The Morgan fingerprint density at radius 1 is 1.38 bits per heavy atom. The van der Waals surface area contributed by atoms with Crippen molar-refractivity contribution in [2.24, 2.45) is 0 Å². The topological polar surface area (TPSA) is 55.4 Å². The monoisotopic (exact) mass is 371 g/mol. The van der Waals surface area contributed by atoms with Crippen molar-refractivity contribution in [2.45, 2.75) is 36.8 Å². The Balaban J connectivity index is 1.66. The highest BCUT2D eigenvalue weighted by molar-refractivity contribution is 9.10. The summed E-state index contributed by atoms with van der Waals surface area (Å²) in [5, 5.41) is 2.49. The third-order valence-electron chi connectivity index (χ3n) is 3.03. The van der Waals surface area contributed by atoms with Gasteiger partial charge in [0, 0.05) is 16.3 Å². The van der Waals surface area contributed by atoms with Crippen molar-refractivity contribution in [1.82, 2.24) is 5.32 Å². The summed E-state index contributed by atoms with van der Waals surface area (Å²) in [6.45, 7) is 1.61. The zero-order chi connectivity index (χ0) is 15.2. The maximum atomic E-state index is 11.8. The lowest BCUT2D eigenvalue weighted by Gasteiger charge is -2.11. The van der Waals surface area contributed by atoms with Crippen LogP contribution in [0.25, 0.3) is 0 Å². The van der Waals surface area contributed by atoms with Gasteiger partial charge in [-0.2, -0.15) is 0 Å². The minimum atomic E-state index is -0.344. The molecule has 1 atom stereocenters. The number of amides is 1. The van der Waals surface area contributed by atoms with Crippen LogP contribution in [0.4, 0.5) is 0 Å². The smallest absolute Gasteiger partial charge is 0.319 e. The molecule has 114 valence electrons. The molecule has 6 heteroatoms. The predicted molar refractivity (Wildman–Crippen MR) is 87.0 cm³/mol. The second-order valence-corrected chi connectivity index (χ2v) is 7.27. The molecule has 0 aliphatic heterocycles. The van der Waals surface area contributed by atoms with Crippen LogP contribution in [0.1, 0.15) is 25.3 Å². The van der Waals surface area contributed by atoms with E-state index in [-0.39, 0.29) is 23.7 Å². The summed E-state index contributed by atoms with van der Waals surface area (Å²) in [6.07, 6.45) is 2.05. The molecule has 1 aromatic carbocycles. The number of halogens is 1. The molecule has 1 N–H and O–H groups in total. The average molecular weight is 372 g/mol. The molecular weight excluding hydrogens is 354 g/mol. The molecule has 0 radical (unpaired) electrons. The molecule has 1 fully saturated rings. The van der Waals surface area contributed by atoms with Gasteiger partial charge in [-0.3, -0.25) is 9.59 Å². The van der Waals surface area contributed by atoms with Crippen molar-refractivity contribution in [1.29, 1.82) is 0 Å². The molecule has 0 spiro atoms. The van der Waals surface area contributed by atoms with Crippen LogP contribution in [-0.2, 0) is 20.1 Å². The fourth-order valence-electron chi connectivity index (χ4n) is 1.62. The van der Waals surface area contributed by atoms with E-state index >= 15 is 0 Å². The van der Waals surface area contributed by atoms with Crippen molar-refractivity contribution in [3.8, 4) is 0 Å². The van der Waals surface area contributed by atoms with Crippen LogP contribution < -0.4 is 5.32 Å². The van der Waals surface area contributed by atoms with E-state index in [0.29, 0.717) is 6.04 Å². The molecule has 1 aliphatic rings. The summed E-state index contributed by atoms with van der Waals surface area (Å²) in [5.41, 5.74) is 1.15. The number of ether oxygens (including phenoxy) is 1. The number of hydrogen-bond acceptors (Lipinski definition) is 4. The highest BCUT2D eigenvalue weighted by Crippen LogP contribution is 2.20. The zero-order valence-corrected chi connectivity index (χ0v) is 14.2. The van der Waals surface area contributed by atoms with Crippen LogP contribution in [0.5, 0.6) is 0 Å². The quantitative estimate of drug-likeness (QED) is 0.748. The number of nitrogens with one attached hydrogen (secondary N) is 1. The number of rotatable bonds is 7. The van der Waals surface area contributed by atoms with Gasteiger partial charge in [-0.15, -0.1) is 11.8 Å². The van der Waals surface area contributed by atoms with E-state index in [0.717, 1.165) is 28.6 Å². The first-order valence-electron chi connectivity index (χ1n) is 6.86. The Labute approximate surface area is 137 Å². The van der Waals surface area contributed by atoms with Crippen molar-refractivity contribution >= 4 is 39.6 Å². The molecular formula is C15H18BrNO3S. The standard InChI is InChI=1S/C15H18BrNO3S/c1-10(21-9-11-2-4-12(16)5-3-11)15(19)20-8-14(18)17-13-6-7-13/h2-5,10,13H,6-9H2,1H3,(H,17,18)/t10-/m0/s1. The summed E-state index contributed by atoms with van der Waals surface area (Å²) in [6, 6.07) is 8.26. The molecule has 2 rings (SSSR count). The van der Waals surface area contributed by atoms with Gasteiger partial charge in [0.25, 0.3) is 5.91 Å². The largest absolute Gasteiger partial charge is 0.455 e. The molecule has 1 amide bonds. The molecule has 1 aromatic rings. The van der Waals surface area contributed by atoms with Gasteiger partial charge in [0.05, 0.1) is 5.25 Å². The number of thioether (sulfide) groups is 1. The molecule has 0 saturated heterocycles. The summed E-state index contributed by atoms with van der Waals surface area (Å²) in [7, 11) is 0. The molecule has 4 nitrogen and oxygen atoms in total. The normalized spacial score (nSPS) is 15.3. The number of carbonyl (C=O) groups excluding carboxylic acids is 2. The van der Waals surface area contributed by atoms with Gasteiger partial charge in [0.1, 0.15) is 0 Å². The number of hydrogen-bond donors (Lipinski definition) is 1. The van der Waals surface area contributed by atoms with E-state index in [9.17, 15) is 9.59 Å². The fraction of sp³-hybridized carbons (Fsp3) is 0.467. The third kappa shape index (κ3) is 6.09. The lowest BCUT2D eigenvalue weighted by molar-refractivity contribution is -0.147. The summed E-state index contributed by atoms with van der Waals surface area (Å²) in [4.78, 5) is 23.2. The van der Waals surface area contributed by atoms with Crippen LogP contribution in [0.15, 0.2) is 28.7 Å². The second kappa shape index (κ2) is 7.84. The van der Waals surface area contributed by atoms with E-state index in [2.05, 4.69) is 21.2 Å². The van der Waals surface area contributed by atoms with Crippen molar-refractivity contribution in [2.75, 3.05) is 6.61 Å². The molecule has 0 heterocycles. The molecule has 21 heavy (non-hydrogen) atoms. The van der Waals surface area contributed by atoms with Gasteiger partial charge in [-0.1, -0.05) is 28.1 Å². The van der Waals surface area contributed by atoms with Crippen molar-refractivity contribution < 1.29 is 14.3 Å². The number of carbonyl (C=O) groups is 2. The highest BCUT2D eigenvalue weighted by atomic mass is 79.9. The first-order valence-corrected chi connectivity index (χ1v) is 8.71. The van der Waals surface area contributed by atoms with Crippen LogP contribution in [-0.4, -0.2) is 29.8 Å². The second-order valence-electron chi connectivity index (χ2n) is 5.03. The van der Waals surface area contributed by atoms with E-state index in [1.807, 2.05) is 24.3 Å². The summed E-state index contributed by atoms with van der Waals surface area (Å²) in [5.74, 6) is 0.177. The van der Waals surface area contributed by atoms with Crippen molar-refractivity contribution in [3.05, 3.63) is 34.3 Å². The first-order chi connectivity index (χ1) is 10.0. The predicted octanol–water partition coefficient (Wildman–Crippen LogP) is 2.89. The molecule has 0 unspecified atom stereocenters. The van der Waals surface area contributed by atoms with E-state index in [4.69, 9.17) is 4.74 Å². The van der Waals surface area contributed by atoms with Crippen LogP contribution in [0.2, 0.25) is 0 Å². The van der Waals surface area contributed by atoms with Gasteiger partial charge in [0.15, 0.2) is 6.61 Å². The first kappa shape index (κ1) is 16.4. The van der Waals surface area contributed by atoms with Gasteiger partial charge in [0.2, 0.25) is 0 Å². The molecule has 0 bridgehead atoms. The fourth-order valence-corrected chi connectivity index (χ4v) is 2.72. The minimum Gasteiger partial charge on any atom is -0.455 e. The lowest BCUT2D eigenvalue weighted by atomic mass is 10.2.